The molecule has 0 radical (unpaired) electrons. The predicted molar refractivity (Wildman–Crippen MR) is 101 cm³/mol. The molecule has 2 aliphatic rings. The number of sulfonamides is 1. The van der Waals surface area contributed by atoms with Crippen molar-refractivity contribution in [3.05, 3.63) is 29.8 Å². The summed E-state index contributed by atoms with van der Waals surface area (Å²) in [5, 5.41) is 3.11. The van der Waals surface area contributed by atoms with Gasteiger partial charge in [-0.05, 0) is 38.0 Å². The normalized spacial score (nSPS) is 21.4. The molecule has 1 amide bonds. The number of hydrogen-bond donors (Lipinski definition) is 1. The van der Waals surface area contributed by atoms with Crippen molar-refractivity contribution >= 4 is 15.9 Å². The Bertz CT molecular complexity index is 805. The Kier molecular flexibility index (Phi) is 6.67. The Balaban J connectivity index is 1.57. The molecule has 1 aromatic rings. The summed E-state index contributed by atoms with van der Waals surface area (Å²) in [6.07, 6.45) is 5.52. The van der Waals surface area contributed by atoms with Gasteiger partial charge in [0.15, 0.2) is 11.6 Å². The fourth-order valence-electron chi connectivity index (χ4n) is 3.85. The Morgan fingerprint density at radius 1 is 1.07 bits per heavy atom. The SMILES string of the molecule is C[C@@H](C(=O)NC1CCCCC1)N1CCN(S(=O)(=O)c2ccc(F)c(F)c2)CC1. The molecule has 6 nitrogen and oxygen atoms in total. The molecule has 156 valence electrons. The number of benzene rings is 1. The van der Waals surface area contributed by atoms with E-state index in [1.54, 1.807) is 0 Å². The van der Waals surface area contributed by atoms with Gasteiger partial charge in [0, 0.05) is 32.2 Å². The highest BCUT2D eigenvalue weighted by Gasteiger charge is 2.32. The molecule has 28 heavy (non-hydrogen) atoms. The summed E-state index contributed by atoms with van der Waals surface area (Å²) in [5.41, 5.74) is 0. The van der Waals surface area contributed by atoms with E-state index in [1.807, 2.05) is 11.8 Å². The number of hydrogen-bond acceptors (Lipinski definition) is 4. The summed E-state index contributed by atoms with van der Waals surface area (Å²) in [6.45, 7) is 3.03. The lowest BCUT2D eigenvalue weighted by Crippen LogP contribution is -2.55. The molecule has 9 heteroatoms. The third-order valence-corrected chi connectivity index (χ3v) is 7.58. The number of amides is 1. The van der Waals surface area contributed by atoms with Crippen molar-refractivity contribution in [1.29, 1.82) is 0 Å². The maximum atomic E-state index is 13.4. The second kappa shape index (κ2) is 8.84. The van der Waals surface area contributed by atoms with Gasteiger partial charge in [0.1, 0.15) is 0 Å². The first kappa shape index (κ1) is 21.1. The summed E-state index contributed by atoms with van der Waals surface area (Å²) in [4.78, 5) is 14.2. The molecule has 0 unspecified atom stereocenters. The van der Waals surface area contributed by atoms with Crippen molar-refractivity contribution in [2.24, 2.45) is 0 Å². The Labute approximate surface area is 164 Å². The van der Waals surface area contributed by atoms with Crippen LogP contribution in [0.1, 0.15) is 39.0 Å². The number of halogens is 2. The minimum Gasteiger partial charge on any atom is -0.352 e. The number of nitrogens with zero attached hydrogens (tertiary/aromatic N) is 2. The first-order valence-corrected chi connectivity index (χ1v) is 11.2. The Morgan fingerprint density at radius 3 is 2.32 bits per heavy atom. The van der Waals surface area contributed by atoms with Crippen LogP contribution < -0.4 is 5.32 Å². The fraction of sp³-hybridized carbons (Fsp3) is 0.632. The second-order valence-corrected chi connectivity index (χ2v) is 9.47. The molecule has 1 aromatic carbocycles. The third-order valence-electron chi connectivity index (χ3n) is 5.68. The molecular formula is C19H27F2N3O3S. The number of piperazine rings is 1. The molecule has 1 aliphatic heterocycles. The summed E-state index contributed by atoms with van der Waals surface area (Å²) in [5.74, 6) is -2.29. The highest BCUT2D eigenvalue weighted by Crippen LogP contribution is 2.21. The molecule has 1 aliphatic carbocycles. The summed E-state index contributed by atoms with van der Waals surface area (Å²) in [7, 11) is -3.89. The first-order valence-electron chi connectivity index (χ1n) is 9.78. The Hall–Kier alpha value is -1.58. The van der Waals surface area contributed by atoms with Crippen molar-refractivity contribution in [1.82, 2.24) is 14.5 Å². The van der Waals surface area contributed by atoms with Gasteiger partial charge in [0.25, 0.3) is 0 Å². The summed E-state index contributed by atoms with van der Waals surface area (Å²) >= 11 is 0. The highest BCUT2D eigenvalue weighted by atomic mass is 32.2. The quantitative estimate of drug-likeness (QED) is 0.800. The van der Waals surface area contributed by atoms with Gasteiger partial charge in [-0.15, -0.1) is 0 Å². The van der Waals surface area contributed by atoms with Crippen LogP contribution in [-0.2, 0) is 14.8 Å². The topological polar surface area (TPSA) is 69.7 Å². The zero-order valence-corrected chi connectivity index (χ0v) is 16.9. The van der Waals surface area contributed by atoms with Gasteiger partial charge in [-0.2, -0.15) is 4.31 Å². The van der Waals surface area contributed by atoms with E-state index in [2.05, 4.69) is 5.32 Å². The van der Waals surface area contributed by atoms with Gasteiger partial charge in [0.2, 0.25) is 15.9 Å². The lowest BCUT2D eigenvalue weighted by atomic mass is 9.95. The molecule has 1 saturated heterocycles. The average Bonchev–Trinajstić information content (AvgIpc) is 2.70. The molecule has 0 aromatic heterocycles. The molecule has 0 bridgehead atoms. The molecular weight excluding hydrogens is 388 g/mol. The lowest BCUT2D eigenvalue weighted by molar-refractivity contribution is -0.127. The largest absolute Gasteiger partial charge is 0.352 e. The van der Waals surface area contributed by atoms with Crippen molar-refractivity contribution in [2.75, 3.05) is 26.2 Å². The molecule has 3 rings (SSSR count). The van der Waals surface area contributed by atoms with E-state index >= 15 is 0 Å². The van der Waals surface area contributed by atoms with Gasteiger partial charge >= 0.3 is 0 Å². The predicted octanol–water partition coefficient (Wildman–Crippen LogP) is 2.11. The monoisotopic (exact) mass is 415 g/mol. The van der Waals surface area contributed by atoms with Crippen LogP contribution >= 0.6 is 0 Å². The van der Waals surface area contributed by atoms with E-state index in [9.17, 15) is 22.0 Å². The zero-order chi connectivity index (χ0) is 20.3. The van der Waals surface area contributed by atoms with Crippen LogP contribution in [0.3, 0.4) is 0 Å². The van der Waals surface area contributed by atoms with Gasteiger partial charge in [-0.3, -0.25) is 9.69 Å². The molecule has 2 fully saturated rings. The minimum atomic E-state index is -3.89. The van der Waals surface area contributed by atoms with E-state index in [-0.39, 0.29) is 36.0 Å². The fourth-order valence-corrected chi connectivity index (χ4v) is 5.29. The highest BCUT2D eigenvalue weighted by molar-refractivity contribution is 7.89. The number of nitrogens with one attached hydrogen (secondary N) is 1. The van der Waals surface area contributed by atoms with E-state index in [4.69, 9.17) is 0 Å². The van der Waals surface area contributed by atoms with Crippen molar-refractivity contribution < 1.29 is 22.0 Å². The number of carbonyl (C=O) groups excluding carboxylic acids is 1. The van der Waals surface area contributed by atoms with Crippen LogP contribution in [-0.4, -0.2) is 61.8 Å². The summed E-state index contributed by atoms with van der Waals surface area (Å²) < 4.78 is 53.1. The van der Waals surface area contributed by atoms with Crippen molar-refractivity contribution in [3.8, 4) is 0 Å². The molecule has 0 spiro atoms. The van der Waals surface area contributed by atoms with Crippen LogP contribution in [0.25, 0.3) is 0 Å². The van der Waals surface area contributed by atoms with E-state index in [1.165, 1.54) is 10.7 Å². The van der Waals surface area contributed by atoms with Gasteiger partial charge in [-0.1, -0.05) is 19.3 Å². The maximum Gasteiger partial charge on any atom is 0.243 e. The van der Waals surface area contributed by atoms with Crippen molar-refractivity contribution in [2.45, 2.75) is 56.0 Å². The molecule has 1 N–H and O–H groups in total. The Morgan fingerprint density at radius 2 is 1.71 bits per heavy atom. The van der Waals surface area contributed by atoms with Crippen molar-refractivity contribution in [3.63, 3.8) is 0 Å². The van der Waals surface area contributed by atoms with Crippen LogP contribution in [0.5, 0.6) is 0 Å². The summed E-state index contributed by atoms with van der Waals surface area (Å²) in [6, 6.07) is 2.49. The van der Waals surface area contributed by atoms with Gasteiger partial charge < -0.3 is 5.32 Å². The number of carbonyl (C=O) groups is 1. The third kappa shape index (κ3) is 4.69. The van der Waals surface area contributed by atoms with E-state index in [0.29, 0.717) is 19.2 Å². The molecule has 1 saturated carbocycles. The maximum absolute atomic E-state index is 13.4. The smallest absolute Gasteiger partial charge is 0.243 e. The molecule has 1 heterocycles. The zero-order valence-electron chi connectivity index (χ0n) is 16.0. The second-order valence-electron chi connectivity index (χ2n) is 7.54. The van der Waals surface area contributed by atoms with Crippen LogP contribution in [0.15, 0.2) is 23.1 Å². The van der Waals surface area contributed by atoms with Gasteiger partial charge in [-0.25, -0.2) is 17.2 Å². The van der Waals surface area contributed by atoms with Crippen LogP contribution in [0.2, 0.25) is 0 Å². The van der Waals surface area contributed by atoms with Crippen LogP contribution in [0, 0.1) is 11.6 Å². The van der Waals surface area contributed by atoms with Crippen LogP contribution in [0.4, 0.5) is 8.78 Å². The van der Waals surface area contributed by atoms with E-state index < -0.39 is 21.7 Å². The van der Waals surface area contributed by atoms with E-state index in [0.717, 1.165) is 37.8 Å². The standard InChI is InChI=1S/C19H27F2N3O3S/c1-14(19(25)22-15-5-3-2-4-6-15)23-9-11-24(12-10-23)28(26,27)16-7-8-17(20)18(21)13-16/h7-8,13-15H,2-6,9-12H2,1H3,(H,22,25)/t14-/m0/s1. The van der Waals surface area contributed by atoms with Gasteiger partial charge in [0.05, 0.1) is 10.9 Å². The number of rotatable bonds is 5. The first-order chi connectivity index (χ1) is 13.3. The molecule has 1 atom stereocenters. The average molecular weight is 416 g/mol. The minimum absolute atomic E-state index is 0.0242. The lowest BCUT2D eigenvalue weighted by Gasteiger charge is -2.37.